The minimum atomic E-state index is -0.402. The van der Waals surface area contributed by atoms with Gasteiger partial charge in [0.2, 0.25) is 5.91 Å². The zero-order valence-electron chi connectivity index (χ0n) is 12.9. The van der Waals surface area contributed by atoms with Crippen LogP contribution in [0, 0.1) is 0 Å². The van der Waals surface area contributed by atoms with E-state index in [1.54, 1.807) is 24.3 Å². The highest BCUT2D eigenvalue weighted by Crippen LogP contribution is 2.19. The standard InChI is InChI=1S/C16H22ClN3O2/c1-16(2,18)10-20-9-3-4-13(20)15(22)19-14(21)11-5-7-12(17)8-6-11/h5-8,13H,3-4,9-10,18H2,1-2H3,(H,19,21,22)/t13-/m0/s1. The second-order valence-corrected chi connectivity index (χ2v) is 6.88. The summed E-state index contributed by atoms with van der Waals surface area (Å²) in [6.07, 6.45) is 1.68. The maximum atomic E-state index is 12.4. The molecular weight excluding hydrogens is 302 g/mol. The summed E-state index contributed by atoms with van der Waals surface area (Å²) >= 11 is 5.79. The zero-order valence-corrected chi connectivity index (χ0v) is 13.7. The fourth-order valence-corrected chi connectivity index (χ4v) is 2.83. The van der Waals surface area contributed by atoms with E-state index < -0.39 is 5.91 Å². The zero-order chi connectivity index (χ0) is 16.3. The van der Waals surface area contributed by atoms with Crippen LogP contribution in [-0.2, 0) is 4.79 Å². The number of hydrogen-bond donors (Lipinski definition) is 2. The summed E-state index contributed by atoms with van der Waals surface area (Å²) in [4.78, 5) is 26.5. The van der Waals surface area contributed by atoms with Gasteiger partial charge in [-0.15, -0.1) is 0 Å². The van der Waals surface area contributed by atoms with E-state index in [0.29, 0.717) is 17.1 Å². The molecule has 1 fully saturated rings. The van der Waals surface area contributed by atoms with E-state index in [9.17, 15) is 9.59 Å². The lowest BCUT2D eigenvalue weighted by atomic mass is 10.1. The average Bonchev–Trinajstić information content (AvgIpc) is 2.85. The summed E-state index contributed by atoms with van der Waals surface area (Å²) in [6, 6.07) is 6.15. The predicted octanol–water partition coefficient (Wildman–Crippen LogP) is 1.80. The molecule has 1 saturated heterocycles. The van der Waals surface area contributed by atoms with Crippen molar-refractivity contribution >= 4 is 23.4 Å². The van der Waals surface area contributed by atoms with Crippen molar-refractivity contribution in [3.8, 4) is 0 Å². The number of amides is 2. The fraction of sp³-hybridized carbons (Fsp3) is 0.500. The average molecular weight is 324 g/mol. The Morgan fingerprint density at radius 2 is 2.00 bits per heavy atom. The third-order valence-electron chi connectivity index (χ3n) is 3.62. The van der Waals surface area contributed by atoms with Crippen molar-refractivity contribution in [3.63, 3.8) is 0 Å². The van der Waals surface area contributed by atoms with Crippen LogP contribution in [0.3, 0.4) is 0 Å². The maximum Gasteiger partial charge on any atom is 0.257 e. The second kappa shape index (κ2) is 6.77. The van der Waals surface area contributed by atoms with Crippen LogP contribution in [0.25, 0.3) is 0 Å². The lowest BCUT2D eigenvalue weighted by Crippen LogP contribution is -2.52. The number of nitrogens with two attached hydrogens (primary N) is 1. The van der Waals surface area contributed by atoms with E-state index >= 15 is 0 Å². The number of hydrogen-bond acceptors (Lipinski definition) is 4. The van der Waals surface area contributed by atoms with E-state index in [2.05, 4.69) is 5.32 Å². The molecule has 2 amide bonds. The summed E-state index contributed by atoms with van der Waals surface area (Å²) in [5, 5.41) is 3.02. The minimum Gasteiger partial charge on any atom is -0.324 e. The van der Waals surface area contributed by atoms with Crippen molar-refractivity contribution in [2.75, 3.05) is 13.1 Å². The third kappa shape index (κ3) is 4.53. The summed E-state index contributed by atoms with van der Waals surface area (Å²) < 4.78 is 0. The quantitative estimate of drug-likeness (QED) is 0.828. The number of imide groups is 1. The molecule has 0 aliphatic carbocycles. The molecule has 1 atom stereocenters. The first kappa shape index (κ1) is 16.9. The number of carbonyl (C=O) groups is 2. The highest BCUT2D eigenvalue weighted by atomic mass is 35.5. The van der Waals surface area contributed by atoms with Crippen molar-refractivity contribution < 1.29 is 9.59 Å². The monoisotopic (exact) mass is 323 g/mol. The number of benzene rings is 1. The Kier molecular flexibility index (Phi) is 5.21. The lowest BCUT2D eigenvalue weighted by molar-refractivity contribution is -0.124. The number of rotatable bonds is 4. The first-order chi connectivity index (χ1) is 10.3. The molecule has 6 heteroatoms. The van der Waals surface area contributed by atoms with Crippen molar-refractivity contribution in [3.05, 3.63) is 34.9 Å². The van der Waals surface area contributed by atoms with Gasteiger partial charge < -0.3 is 5.73 Å². The molecule has 5 nitrogen and oxygen atoms in total. The van der Waals surface area contributed by atoms with Gasteiger partial charge in [-0.3, -0.25) is 19.8 Å². The molecule has 1 aromatic carbocycles. The van der Waals surface area contributed by atoms with Crippen LogP contribution in [-0.4, -0.2) is 41.4 Å². The van der Waals surface area contributed by atoms with E-state index in [1.165, 1.54) is 0 Å². The van der Waals surface area contributed by atoms with E-state index in [1.807, 2.05) is 18.7 Å². The Hall–Kier alpha value is -1.43. The molecule has 3 N–H and O–H groups in total. The molecule has 22 heavy (non-hydrogen) atoms. The third-order valence-corrected chi connectivity index (χ3v) is 3.87. The van der Waals surface area contributed by atoms with Crippen molar-refractivity contribution in [2.45, 2.75) is 38.3 Å². The highest BCUT2D eigenvalue weighted by molar-refractivity contribution is 6.30. The molecule has 1 aromatic rings. The van der Waals surface area contributed by atoms with E-state index in [0.717, 1.165) is 19.4 Å². The number of nitrogens with one attached hydrogen (secondary N) is 1. The topological polar surface area (TPSA) is 75.4 Å². The minimum absolute atomic E-state index is 0.262. The van der Waals surface area contributed by atoms with Gasteiger partial charge >= 0.3 is 0 Å². The van der Waals surface area contributed by atoms with Gasteiger partial charge in [-0.05, 0) is 57.5 Å². The van der Waals surface area contributed by atoms with Crippen LogP contribution in [0.4, 0.5) is 0 Å². The van der Waals surface area contributed by atoms with Gasteiger partial charge in [0.15, 0.2) is 0 Å². The second-order valence-electron chi connectivity index (χ2n) is 6.44. The maximum absolute atomic E-state index is 12.4. The van der Waals surface area contributed by atoms with E-state index in [4.69, 9.17) is 17.3 Å². The molecule has 0 bridgehead atoms. The summed E-state index contributed by atoms with van der Waals surface area (Å²) in [5.74, 6) is -0.665. The molecule has 120 valence electrons. The van der Waals surface area contributed by atoms with Gasteiger partial charge in [-0.2, -0.15) is 0 Å². The van der Waals surface area contributed by atoms with Gasteiger partial charge in [0.1, 0.15) is 0 Å². The summed E-state index contributed by atoms with van der Waals surface area (Å²) in [7, 11) is 0. The number of nitrogens with zero attached hydrogens (tertiary/aromatic N) is 1. The van der Waals surface area contributed by atoms with Gasteiger partial charge in [-0.25, -0.2) is 0 Å². The molecule has 0 unspecified atom stereocenters. The first-order valence-corrected chi connectivity index (χ1v) is 7.78. The van der Waals surface area contributed by atoms with Crippen LogP contribution in [0.2, 0.25) is 5.02 Å². The Bertz CT molecular complexity index is 552. The predicted molar refractivity (Wildman–Crippen MR) is 86.8 cm³/mol. The molecule has 2 rings (SSSR count). The van der Waals surface area contributed by atoms with Crippen molar-refractivity contribution in [2.24, 2.45) is 5.73 Å². The Morgan fingerprint density at radius 1 is 1.36 bits per heavy atom. The van der Waals surface area contributed by atoms with Gasteiger partial charge in [0, 0.05) is 22.7 Å². The summed E-state index contributed by atoms with van der Waals surface area (Å²) in [6.45, 7) is 5.31. The van der Waals surface area contributed by atoms with Crippen LogP contribution in [0.5, 0.6) is 0 Å². The van der Waals surface area contributed by atoms with Crippen LogP contribution in [0.1, 0.15) is 37.0 Å². The Balaban J connectivity index is 1.99. The normalized spacial score (nSPS) is 19.2. The van der Waals surface area contributed by atoms with Crippen LogP contribution < -0.4 is 11.1 Å². The number of likely N-dealkylation sites (tertiary alicyclic amines) is 1. The molecule has 1 aliphatic rings. The smallest absolute Gasteiger partial charge is 0.257 e. The molecule has 0 aromatic heterocycles. The lowest BCUT2D eigenvalue weighted by Gasteiger charge is -2.30. The summed E-state index contributed by atoms with van der Waals surface area (Å²) in [5.41, 5.74) is 6.08. The molecular formula is C16H22ClN3O2. The highest BCUT2D eigenvalue weighted by Gasteiger charge is 2.33. The molecule has 0 radical (unpaired) electrons. The van der Waals surface area contributed by atoms with Gasteiger partial charge in [0.25, 0.3) is 5.91 Å². The molecule has 1 heterocycles. The fourth-order valence-electron chi connectivity index (χ4n) is 2.70. The molecule has 1 aliphatic heterocycles. The van der Waals surface area contributed by atoms with Crippen molar-refractivity contribution in [1.82, 2.24) is 10.2 Å². The largest absolute Gasteiger partial charge is 0.324 e. The van der Waals surface area contributed by atoms with E-state index in [-0.39, 0.29) is 17.5 Å². The van der Waals surface area contributed by atoms with Crippen molar-refractivity contribution in [1.29, 1.82) is 0 Å². The molecule has 0 saturated carbocycles. The van der Waals surface area contributed by atoms with Crippen LogP contribution >= 0.6 is 11.6 Å². The van der Waals surface area contributed by atoms with Gasteiger partial charge in [-0.1, -0.05) is 11.6 Å². The first-order valence-electron chi connectivity index (χ1n) is 7.40. The SMILES string of the molecule is CC(C)(N)CN1CCC[C@H]1C(=O)NC(=O)c1ccc(Cl)cc1. The number of carbonyl (C=O) groups excluding carboxylic acids is 2. The Labute approximate surface area is 135 Å². The number of halogens is 1. The van der Waals surface area contributed by atoms with Gasteiger partial charge in [0.05, 0.1) is 6.04 Å². The Morgan fingerprint density at radius 3 is 2.59 bits per heavy atom. The van der Waals surface area contributed by atoms with Crippen LogP contribution in [0.15, 0.2) is 24.3 Å². The molecule has 0 spiro atoms.